The molecule has 0 saturated carbocycles. The number of benzene rings is 1. The number of aryl methyl sites for hydroxylation is 2. The Morgan fingerprint density at radius 3 is 2.50 bits per heavy atom. The van der Waals surface area contributed by atoms with Gasteiger partial charge in [-0.3, -0.25) is 9.52 Å². The van der Waals surface area contributed by atoms with Crippen molar-refractivity contribution >= 4 is 27.4 Å². The van der Waals surface area contributed by atoms with Crippen LogP contribution in [0.4, 0.5) is 11.5 Å². The molecule has 116 valence electrons. The fourth-order valence-electron chi connectivity index (χ4n) is 1.87. The summed E-state index contributed by atoms with van der Waals surface area (Å²) < 4.78 is 25.1. The number of sulfonamides is 1. The number of aromatic nitrogens is 1. The van der Waals surface area contributed by atoms with Gasteiger partial charge in [-0.15, -0.1) is 0 Å². The molecular formula is C15H17N3O3S. The van der Waals surface area contributed by atoms with Gasteiger partial charge >= 0.3 is 0 Å². The van der Waals surface area contributed by atoms with Gasteiger partial charge in [0.1, 0.15) is 5.82 Å². The van der Waals surface area contributed by atoms with E-state index in [-0.39, 0.29) is 5.91 Å². The van der Waals surface area contributed by atoms with Crippen LogP contribution in [0, 0.1) is 13.8 Å². The Balaban J connectivity index is 2.25. The third kappa shape index (κ3) is 4.29. The molecule has 0 bridgehead atoms. The van der Waals surface area contributed by atoms with Crippen molar-refractivity contribution in [2.45, 2.75) is 13.8 Å². The second kappa shape index (κ2) is 6.15. The normalized spacial score (nSPS) is 11.0. The standard InChI is InChI=1S/C15H17N3O3S/c1-10-6-7-16-14(8-10)17-15(19)12-5-4-11(2)13(9-12)18-22(3,20)21/h4-9,18H,1-3H3,(H,16,17,19). The van der Waals surface area contributed by atoms with Gasteiger partial charge in [-0.2, -0.15) is 0 Å². The highest BCUT2D eigenvalue weighted by molar-refractivity contribution is 7.92. The fourth-order valence-corrected chi connectivity index (χ4v) is 2.49. The Morgan fingerprint density at radius 1 is 1.14 bits per heavy atom. The van der Waals surface area contributed by atoms with Gasteiger partial charge in [0.2, 0.25) is 10.0 Å². The van der Waals surface area contributed by atoms with Crippen molar-refractivity contribution in [2.75, 3.05) is 16.3 Å². The first-order valence-corrected chi connectivity index (χ1v) is 8.46. The van der Waals surface area contributed by atoms with Crippen molar-refractivity contribution in [1.29, 1.82) is 0 Å². The second-order valence-corrected chi connectivity index (χ2v) is 6.82. The Kier molecular flexibility index (Phi) is 4.46. The number of rotatable bonds is 4. The van der Waals surface area contributed by atoms with Gasteiger partial charge in [0.25, 0.3) is 5.91 Å². The third-order valence-corrected chi connectivity index (χ3v) is 3.54. The molecule has 0 radical (unpaired) electrons. The number of carbonyl (C=O) groups excluding carboxylic acids is 1. The number of hydrogen-bond acceptors (Lipinski definition) is 4. The van der Waals surface area contributed by atoms with E-state index in [4.69, 9.17) is 0 Å². The number of nitrogens with zero attached hydrogens (tertiary/aromatic N) is 1. The van der Waals surface area contributed by atoms with E-state index in [0.29, 0.717) is 17.1 Å². The smallest absolute Gasteiger partial charge is 0.256 e. The Bertz CT molecular complexity index is 817. The van der Waals surface area contributed by atoms with Crippen LogP contribution in [0.2, 0.25) is 0 Å². The highest BCUT2D eigenvalue weighted by Gasteiger charge is 2.11. The van der Waals surface area contributed by atoms with Crippen molar-refractivity contribution in [3.05, 3.63) is 53.2 Å². The molecule has 0 saturated heterocycles. The minimum Gasteiger partial charge on any atom is -0.307 e. The summed E-state index contributed by atoms with van der Waals surface area (Å²) in [5, 5.41) is 2.68. The van der Waals surface area contributed by atoms with Crippen LogP contribution in [0.5, 0.6) is 0 Å². The molecule has 1 heterocycles. The zero-order chi connectivity index (χ0) is 16.3. The third-order valence-electron chi connectivity index (χ3n) is 2.95. The summed E-state index contributed by atoms with van der Waals surface area (Å²) in [4.78, 5) is 16.3. The number of carbonyl (C=O) groups is 1. The van der Waals surface area contributed by atoms with Crippen molar-refractivity contribution < 1.29 is 13.2 Å². The van der Waals surface area contributed by atoms with Crippen LogP contribution in [0.25, 0.3) is 0 Å². The molecule has 22 heavy (non-hydrogen) atoms. The Labute approximate surface area is 129 Å². The first-order chi connectivity index (χ1) is 10.2. The molecule has 1 amide bonds. The lowest BCUT2D eigenvalue weighted by atomic mass is 10.1. The maximum atomic E-state index is 12.2. The zero-order valence-electron chi connectivity index (χ0n) is 12.5. The van der Waals surface area contributed by atoms with E-state index in [1.165, 1.54) is 6.07 Å². The van der Waals surface area contributed by atoms with Gasteiger partial charge in [-0.05, 0) is 49.2 Å². The summed E-state index contributed by atoms with van der Waals surface area (Å²) in [6.45, 7) is 3.66. The predicted octanol–water partition coefficient (Wildman–Crippen LogP) is 2.32. The molecule has 0 unspecified atom stereocenters. The van der Waals surface area contributed by atoms with E-state index in [0.717, 1.165) is 17.4 Å². The van der Waals surface area contributed by atoms with Crippen LogP contribution < -0.4 is 10.0 Å². The van der Waals surface area contributed by atoms with Gasteiger partial charge in [0, 0.05) is 11.8 Å². The highest BCUT2D eigenvalue weighted by atomic mass is 32.2. The Morgan fingerprint density at radius 2 is 1.86 bits per heavy atom. The van der Waals surface area contributed by atoms with Crippen LogP contribution in [-0.4, -0.2) is 25.6 Å². The SMILES string of the molecule is Cc1ccnc(NC(=O)c2ccc(C)c(NS(C)(=O)=O)c2)c1. The molecule has 0 fully saturated rings. The van der Waals surface area contributed by atoms with Crippen molar-refractivity contribution in [1.82, 2.24) is 4.98 Å². The summed E-state index contributed by atoms with van der Waals surface area (Å²) in [7, 11) is -3.40. The molecule has 2 N–H and O–H groups in total. The monoisotopic (exact) mass is 319 g/mol. The molecule has 0 atom stereocenters. The highest BCUT2D eigenvalue weighted by Crippen LogP contribution is 2.19. The predicted molar refractivity (Wildman–Crippen MR) is 86.6 cm³/mol. The van der Waals surface area contributed by atoms with Crippen LogP contribution in [-0.2, 0) is 10.0 Å². The van der Waals surface area contributed by atoms with E-state index in [1.54, 1.807) is 31.3 Å². The van der Waals surface area contributed by atoms with Crippen LogP contribution in [0.3, 0.4) is 0 Å². The molecule has 2 aromatic rings. The number of hydrogen-bond donors (Lipinski definition) is 2. The zero-order valence-corrected chi connectivity index (χ0v) is 13.4. The molecule has 2 rings (SSSR count). The average Bonchev–Trinajstić information content (AvgIpc) is 2.39. The van der Waals surface area contributed by atoms with E-state index < -0.39 is 10.0 Å². The summed E-state index contributed by atoms with van der Waals surface area (Å²) in [5.74, 6) is 0.0952. The maximum Gasteiger partial charge on any atom is 0.256 e. The van der Waals surface area contributed by atoms with E-state index in [2.05, 4.69) is 15.0 Å². The first kappa shape index (κ1) is 16.0. The molecular weight excluding hydrogens is 302 g/mol. The molecule has 0 aliphatic heterocycles. The molecule has 6 nitrogen and oxygen atoms in total. The van der Waals surface area contributed by atoms with Crippen LogP contribution >= 0.6 is 0 Å². The molecule has 1 aromatic carbocycles. The largest absolute Gasteiger partial charge is 0.307 e. The van der Waals surface area contributed by atoms with Crippen molar-refractivity contribution in [2.24, 2.45) is 0 Å². The van der Waals surface area contributed by atoms with Gasteiger partial charge < -0.3 is 5.32 Å². The molecule has 0 aliphatic carbocycles. The van der Waals surface area contributed by atoms with E-state index >= 15 is 0 Å². The topological polar surface area (TPSA) is 88.2 Å². The van der Waals surface area contributed by atoms with Gasteiger partial charge in [-0.1, -0.05) is 6.07 Å². The second-order valence-electron chi connectivity index (χ2n) is 5.08. The summed E-state index contributed by atoms with van der Waals surface area (Å²) in [6, 6.07) is 8.40. The fraction of sp³-hybridized carbons (Fsp3) is 0.200. The maximum absolute atomic E-state index is 12.2. The van der Waals surface area contributed by atoms with Crippen LogP contribution in [0.1, 0.15) is 21.5 Å². The molecule has 7 heteroatoms. The number of nitrogens with one attached hydrogen (secondary N) is 2. The minimum absolute atomic E-state index is 0.347. The van der Waals surface area contributed by atoms with Gasteiger partial charge in [0.05, 0.1) is 11.9 Å². The van der Waals surface area contributed by atoms with E-state index in [9.17, 15) is 13.2 Å². The summed E-state index contributed by atoms with van der Waals surface area (Å²) in [5.41, 5.74) is 2.44. The van der Waals surface area contributed by atoms with Crippen LogP contribution in [0.15, 0.2) is 36.5 Å². The Hall–Kier alpha value is -2.41. The van der Waals surface area contributed by atoms with Gasteiger partial charge in [0.15, 0.2) is 0 Å². The molecule has 0 aliphatic rings. The number of anilines is 2. The molecule has 0 spiro atoms. The lowest BCUT2D eigenvalue weighted by molar-refractivity contribution is 0.102. The van der Waals surface area contributed by atoms with Crippen molar-refractivity contribution in [3.63, 3.8) is 0 Å². The quantitative estimate of drug-likeness (QED) is 0.905. The van der Waals surface area contributed by atoms with E-state index in [1.807, 2.05) is 13.0 Å². The average molecular weight is 319 g/mol. The van der Waals surface area contributed by atoms with Crippen molar-refractivity contribution in [3.8, 4) is 0 Å². The lowest BCUT2D eigenvalue weighted by Gasteiger charge is -2.10. The lowest BCUT2D eigenvalue weighted by Crippen LogP contribution is -2.15. The first-order valence-electron chi connectivity index (χ1n) is 6.57. The molecule has 1 aromatic heterocycles. The van der Waals surface area contributed by atoms with Gasteiger partial charge in [-0.25, -0.2) is 13.4 Å². The number of pyridine rings is 1. The summed E-state index contributed by atoms with van der Waals surface area (Å²) in [6.07, 6.45) is 2.67. The number of amides is 1. The summed E-state index contributed by atoms with van der Waals surface area (Å²) >= 11 is 0. The minimum atomic E-state index is -3.40.